The Hall–Kier alpha value is -0.510. The molecule has 0 aliphatic heterocycles. The highest BCUT2D eigenvalue weighted by Crippen LogP contribution is 2.18. The predicted molar refractivity (Wildman–Crippen MR) is 97.3 cm³/mol. The monoisotopic (exact) mass is 308 g/mol. The number of rotatable bonds is 10. The molecule has 0 amide bonds. The topological polar surface area (TPSA) is 15.3 Å². The quantitative estimate of drug-likeness (QED) is 0.700. The zero-order valence-electron chi connectivity index (χ0n) is 14.4. The molecule has 1 N–H and O–H groups in total. The molecule has 0 fully saturated rings. The van der Waals surface area contributed by atoms with Crippen molar-refractivity contribution in [1.29, 1.82) is 0 Å². The van der Waals surface area contributed by atoms with Crippen molar-refractivity contribution >= 4 is 11.8 Å². The Morgan fingerprint density at radius 2 is 1.90 bits per heavy atom. The van der Waals surface area contributed by atoms with Crippen molar-refractivity contribution in [3.63, 3.8) is 0 Å². The maximum absolute atomic E-state index is 3.70. The summed E-state index contributed by atoms with van der Waals surface area (Å²) in [4.78, 5) is 2.48. The van der Waals surface area contributed by atoms with Gasteiger partial charge in [-0.15, -0.1) is 0 Å². The summed E-state index contributed by atoms with van der Waals surface area (Å²) in [5, 5.41) is 3.70. The second-order valence-electron chi connectivity index (χ2n) is 5.99. The molecule has 0 saturated carbocycles. The zero-order chi connectivity index (χ0) is 15.7. The van der Waals surface area contributed by atoms with Gasteiger partial charge in [-0.1, -0.05) is 36.8 Å². The first kappa shape index (κ1) is 18.5. The molecular formula is C18H32N2S. The van der Waals surface area contributed by atoms with Gasteiger partial charge in [0, 0.05) is 17.8 Å². The summed E-state index contributed by atoms with van der Waals surface area (Å²) in [7, 11) is 2.24. The third-order valence-electron chi connectivity index (χ3n) is 4.05. The van der Waals surface area contributed by atoms with Gasteiger partial charge >= 0.3 is 0 Å². The lowest BCUT2D eigenvalue weighted by atomic mass is 10.0. The van der Waals surface area contributed by atoms with E-state index in [0.717, 1.165) is 19.5 Å². The van der Waals surface area contributed by atoms with Gasteiger partial charge in [-0.2, -0.15) is 11.8 Å². The summed E-state index contributed by atoms with van der Waals surface area (Å²) < 4.78 is 0. The van der Waals surface area contributed by atoms with Crippen LogP contribution in [0.5, 0.6) is 0 Å². The van der Waals surface area contributed by atoms with Crippen molar-refractivity contribution < 1.29 is 0 Å². The number of nitrogens with zero attached hydrogens (tertiary/aromatic N) is 1. The van der Waals surface area contributed by atoms with E-state index in [0.29, 0.717) is 12.1 Å². The molecule has 0 aromatic heterocycles. The Kier molecular flexibility index (Phi) is 9.05. The van der Waals surface area contributed by atoms with Crippen molar-refractivity contribution in [2.75, 3.05) is 32.1 Å². The highest BCUT2D eigenvalue weighted by atomic mass is 32.2. The standard InChI is InChI=1S/C18H32N2S/c1-6-12-19-18(17-9-7-15(2)8-10-17)11-13-20(4)16(3)14-21-5/h7-10,16,18-19H,6,11-14H2,1-5H3. The van der Waals surface area contributed by atoms with Gasteiger partial charge in [0.25, 0.3) is 0 Å². The molecule has 1 aromatic rings. The van der Waals surface area contributed by atoms with Crippen LogP contribution in [0.1, 0.15) is 43.9 Å². The summed E-state index contributed by atoms with van der Waals surface area (Å²) in [5.74, 6) is 1.20. The molecule has 0 bridgehead atoms. The maximum atomic E-state index is 3.70. The van der Waals surface area contributed by atoms with Crippen LogP contribution in [0.25, 0.3) is 0 Å². The van der Waals surface area contributed by atoms with Gasteiger partial charge in [-0.3, -0.25) is 0 Å². The predicted octanol–water partition coefficient (Wildman–Crippen LogP) is 4.11. The van der Waals surface area contributed by atoms with Crippen LogP contribution in [0.3, 0.4) is 0 Å². The molecule has 2 atom stereocenters. The first-order valence-corrected chi connectivity index (χ1v) is 9.47. The van der Waals surface area contributed by atoms with E-state index in [2.05, 4.69) is 68.6 Å². The highest BCUT2D eigenvalue weighted by Gasteiger charge is 2.14. The lowest BCUT2D eigenvalue weighted by molar-refractivity contribution is 0.260. The maximum Gasteiger partial charge on any atom is 0.0332 e. The summed E-state index contributed by atoms with van der Waals surface area (Å²) in [5.41, 5.74) is 2.75. The summed E-state index contributed by atoms with van der Waals surface area (Å²) in [6, 6.07) is 10.1. The van der Waals surface area contributed by atoms with E-state index >= 15 is 0 Å². The van der Waals surface area contributed by atoms with Gasteiger partial charge in [-0.25, -0.2) is 0 Å². The molecule has 3 heteroatoms. The van der Waals surface area contributed by atoms with Crippen molar-refractivity contribution in [3.05, 3.63) is 35.4 Å². The molecule has 2 nitrogen and oxygen atoms in total. The van der Waals surface area contributed by atoms with E-state index in [-0.39, 0.29) is 0 Å². The van der Waals surface area contributed by atoms with E-state index in [1.165, 1.54) is 23.3 Å². The fourth-order valence-electron chi connectivity index (χ4n) is 2.43. The van der Waals surface area contributed by atoms with Crippen LogP contribution in [0.4, 0.5) is 0 Å². The minimum Gasteiger partial charge on any atom is -0.310 e. The van der Waals surface area contributed by atoms with Crippen molar-refractivity contribution in [2.24, 2.45) is 0 Å². The number of aryl methyl sites for hydroxylation is 1. The van der Waals surface area contributed by atoms with Gasteiger partial charge < -0.3 is 10.2 Å². The number of nitrogens with one attached hydrogen (secondary N) is 1. The average Bonchev–Trinajstić information content (AvgIpc) is 2.48. The zero-order valence-corrected chi connectivity index (χ0v) is 15.2. The number of thioether (sulfide) groups is 1. The van der Waals surface area contributed by atoms with Crippen LogP contribution in [-0.2, 0) is 0 Å². The minimum atomic E-state index is 0.467. The van der Waals surface area contributed by atoms with E-state index < -0.39 is 0 Å². The molecule has 1 aromatic carbocycles. The number of hydrogen-bond donors (Lipinski definition) is 1. The number of benzene rings is 1. The molecule has 0 heterocycles. The van der Waals surface area contributed by atoms with Crippen LogP contribution >= 0.6 is 11.8 Å². The van der Waals surface area contributed by atoms with Gasteiger partial charge in [0.05, 0.1) is 0 Å². The third kappa shape index (κ3) is 6.86. The highest BCUT2D eigenvalue weighted by molar-refractivity contribution is 7.98. The second kappa shape index (κ2) is 10.3. The smallest absolute Gasteiger partial charge is 0.0332 e. The van der Waals surface area contributed by atoms with Crippen LogP contribution in [-0.4, -0.2) is 43.1 Å². The first-order chi connectivity index (χ1) is 10.1. The van der Waals surface area contributed by atoms with Gasteiger partial charge in [-0.05, 0) is 58.6 Å². The molecule has 0 aliphatic rings. The number of hydrogen-bond acceptors (Lipinski definition) is 3. The molecule has 0 saturated heterocycles. The Balaban J connectivity index is 2.59. The van der Waals surface area contributed by atoms with Gasteiger partial charge in [0.2, 0.25) is 0 Å². The molecule has 0 radical (unpaired) electrons. The fourth-order valence-corrected chi connectivity index (χ4v) is 3.16. The molecule has 0 spiro atoms. The fraction of sp³-hybridized carbons (Fsp3) is 0.667. The normalized spacial score (nSPS) is 14.4. The summed E-state index contributed by atoms with van der Waals surface area (Å²) in [6.45, 7) is 8.92. The Bertz CT molecular complexity index is 377. The van der Waals surface area contributed by atoms with Crippen molar-refractivity contribution in [1.82, 2.24) is 10.2 Å². The average molecular weight is 309 g/mol. The van der Waals surface area contributed by atoms with E-state index in [9.17, 15) is 0 Å². The van der Waals surface area contributed by atoms with E-state index in [4.69, 9.17) is 0 Å². The lowest BCUT2D eigenvalue weighted by Gasteiger charge is -2.27. The minimum absolute atomic E-state index is 0.467. The Morgan fingerprint density at radius 1 is 1.24 bits per heavy atom. The summed E-state index contributed by atoms with van der Waals surface area (Å²) >= 11 is 1.93. The molecule has 21 heavy (non-hydrogen) atoms. The van der Waals surface area contributed by atoms with Crippen LogP contribution in [0.15, 0.2) is 24.3 Å². The first-order valence-electron chi connectivity index (χ1n) is 8.07. The molecule has 2 unspecified atom stereocenters. The Labute approximate surface area is 135 Å². The lowest BCUT2D eigenvalue weighted by Crippen LogP contribution is -2.34. The van der Waals surface area contributed by atoms with Crippen LogP contribution in [0, 0.1) is 6.92 Å². The van der Waals surface area contributed by atoms with Crippen molar-refractivity contribution in [2.45, 2.75) is 45.7 Å². The molecular weight excluding hydrogens is 276 g/mol. The second-order valence-corrected chi connectivity index (χ2v) is 6.90. The molecule has 1 rings (SSSR count). The Morgan fingerprint density at radius 3 is 2.48 bits per heavy atom. The van der Waals surface area contributed by atoms with E-state index in [1.54, 1.807) is 0 Å². The van der Waals surface area contributed by atoms with Crippen LogP contribution < -0.4 is 5.32 Å². The van der Waals surface area contributed by atoms with Gasteiger partial charge in [0.15, 0.2) is 0 Å². The van der Waals surface area contributed by atoms with Crippen molar-refractivity contribution in [3.8, 4) is 0 Å². The largest absolute Gasteiger partial charge is 0.310 e. The third-order valence-corrected chi connectivity index (χ3v) is 4.87. The SMILES string of the molecule is CCCNC(CCN(C)C(C)CSC)c1ccc(C)cc1. The van der Waals surface area contributed by atoms with E-state index in [1.807, 2.05) is 11.8 Å². The molecule has 120 valence electrons. The summed E-state index contributed by atoms with van der Waals surface area (Å²) in [6.07, 6.45) is 4.53. The van der Waals surface area contributed by atoms with Gasteiger partial charge in [0.1, 0.15) is 0 Å². The van der Waals surface area contributed by atoms with Crippen LogP contribution in [0.2, 0.25) is 0 Å². The molecule has 0 aliphatic carbocycles.